The van der Waals surface area contributed by atoms with E-state index in [1.807, 2.05) is 0 Å². The van der Waals surface area contributed by atoms with Crippen LogP contribution in [0.4, 0.5) is 0 Å². The van der Waals surface area contributed by atoms with Crippen molar-refractivity contribution < 1.29 is 9.47 Å². The van der Waals surface area contributed by atoms with Crippen molar-refractivity contribution in [3.8, 4) is 0 Å². The molecule has 3 heteroatoms. The zero-order chi connectivity index (χ0) is 13.6. The van der Waals surface area contributed by atoms with E-state index in [-0.39, 0.29) is 6.29 Å². The van der Waals surface area contributed by atoms with Crippen LogP contribution < -0.4 is 0 Å². The van der Waals surface area contributed by atoms with E-state index < -0.39 is 0 Å². The molecule has 0 aliphatic heterocycles. The number of halogens is 1. The number of ether oxygens (including phenoxy) is 2. The molecular formula is C15H29IO2. The van der Waals surface area contributed by atoms with Crippen LogP contribution in [0.3, 0.4) is 0 Å². The number of alkyl halides is 1. The molecule has 0 saturated carbocycles. The lowest BCUT2D eigenvalue weighted by molar-refractivity contribution is -0.127. The van der Waals surface area contributed by atoms with E-state index >= 15 is 0 Å². The van der Waals surface area contributed by atoms with Gasteiger partial charge in [-0.2, -0.15) is 0 Å². The summed E-state index contributed by atoms with van der Waals surface area (Å²) in [6.07, 6.45) is 12.5. The molecule has 108 valence electrons. The monoisotopic (exact) mass is 368 g/mol. The highest BCUT2D eigenvalue weighted by atomic mass is 127. The summed E-state index contributed by atoms with van der Waals surface area (Å²) in [6.45, 7) is 5.16. The van der Waals surface area contributed by atoms with Crippen LogP contribution in [0.1, 0.15) is 58.8 Å². The highest BCUT2D eigenvalue weighted by molar-refractivity contribution is 14.1. The third kappa shape index (κ3) is 11.5. The molecule has 0 bridgehead atoms. The van der Waals surface area contributed by atoms with Crippen LogP contribution >= 0.6 is 22.6 Å². The lowest BCUT2D eigenvalue weighted by atomic mass is 10.1. The van der Waals surface area contributed by atoms with Crippen molar-refractivity contribution in [1.29, 1.82) is 0 Å². The Hall–Kier alpha value is 0.390. The van der Waals surface area contributed by atoms with E-state index in [1.54, 1.807) is 7.11 Å². The summed E-state index contributed by atoms with van der Waals surface area (Å²) in [5.41, 5.74) is 0. The van der Waals surface area contributed by atoms with Gasteiger partial charge in [0.1, 0.15) is 0 Å². The van der Waals surface area contributed by atoms with Gasteiger partial charge in [-0.3, -0.25) is 0 Å². The van der Waals surface area contributed by atoms with Crippen molar-refractivity contribution in [2.24, 2.45) is 0 Å². The molecule has 0 aromatic carbocycles. The minimum Gasteiger partial charge on any atom is -0.356 e. The first-order valence-corrected chi connectivity index (χ1v) is 8.42. The zero-order valence-corrected chi connectivity index (χ0v) is 14.3. The fourth-order valence-corrected chi connectivity index (χ4v) is 2.14. The molecule has 0 aromatic heterocycles. The summed E-state index contributed by atoms with van der Waals surface area (Å²) >= 11 is 2.54. The number of unbranched alkanes of at least 4 members (excludes halogenated alkanes) is 1. The Morgan fingerprint density at radius 1 is 1.11 bits per heavy atom. The van der Waals surface area contributed by atoms with Crippen LogP contribution in [0.15, 0.2) is 12.2 Å². The van der Waals surface area contributed by atoms with Gasteiger partial charge >= 0.3 is 0 Å². The molecule has 0 amide bonds. The summed E-state index contributed by atoms with van der Waals surface area (Å²) in [5.74, 6) is 0. The van der Waals surface area contributed by atoms with E-state index in [0.717, 1.165) is 29.8 Å². The number of methoxy groups -OCH3 is 1. The first-order chi connectivity index (χ1) is 8.74. The first-order valence-electron chi connectivity index (χ1n) is 7.18. The first kappa shape index (κ1) is 18.4. The molecule has 2 nitrogen and oxygen atoms in total. The average molecular weight is 368 g/mol. The van der Waals surface area contributed by atoms with Crippen LogP contribution in [0, 0.1) is 0 Å². The molecule has 2 atom stereocenters. The maximum absolute atomic E-state index is 5.70. The summed E-state index contributed by atoms with van der Waals surface area (Å²) in [6, 6.07) is 0. The van der Waals surface area contributed by atoms with Gasteiger partial charge in [-0.15, -0.1) is 0 Å². The topological polar surface area (TPSA) is 18.5 Å². The second kappa shape index (κ2) is 13.8. The van der Waals surface area contributed by atoms with Gasteiger partial charge in [0, 0.05) is 11.0 Å². The Balaban J connectivity index is 3.49. The van der Waals surface area contributed by atoms with E-state index in [0.29, 0.717) is 0 Å². The molecule has 0 aliphatic rings. The van der Waals surface area contributed by atoms with Crippen LogP contribution in [0.25, 0.3) is 0 Å². The summed E-state index contributed by atoms with van der Waals surface area (Å²) < 4.78 is 11.9. The summed E-state index contributed by atoms with van der Waals surface area (Å²) in [7, 11) is 1.74. The van der Waals surface area contributed by atoms with Gasteiger partial charge in [-0.1, -0.05) is 55.0 Å². The predicted octanol–water partition coefficient (Wildman–Crippen LogP) is 5.11. The lowest BCUT2D eigenvalue weighted by Crippen LogP contribution is -2.16. The van der Waals surface area contributed by atoms with E-state index in [1.165, 1.54) is 25.7 Å². The molecule has 0 rings (SSSR count). The normalized spacial score (nSPS) is 15.1. The van der Waals surface area contributed by atoms with Gasteiger partial charge in [0.15, 0.2) is 6.29 Å². The Kier molecular flexibility index (Phi) is 14.1. The van der Waals surface area contributed by atoms with Gasteiger partial charge < -0.3 is 9.47 Å². The van der Waals surface area contributed by atoms with Crippen molar-refractivity contribution in [2.45, 2.75) is 69.0 Å². The van der Waals surface area contributed by atoms with Crippen molar-refractivity contribution in [3.05, 3.63) is 12.2 Å². The summed E-state index contributed by atoms with van der Waals surface area (Å²) in [5, 5.41) is 0. The van der Waals surface area contributed by atoms with Crippen LogP contribution in [0.2, 0.25) is 0 Å². The SMILES string of the molecule is CCC=CCCOC(CCCCC(I)CC)OC. The Labute approximate surface area is 127 Å². The molecule has 0 N–H and O–H groups in total. The fourth-order valence-electron chi connectivity index (χ4n) is 1.70. The maximum Gasteiger partial charge on any atom is 0.157 e. The number of rotatable bonds is 12. The minimum absolute atomic E-state index is 0.0192. The molecule has 2 unspecified atom stereocenters. The zero-order valence-electron chi connectivity index (χ0n) is 12.2. The van der Waals surface area contributed by atoms with Crippen molar-refractivity contribution in [3.63, 3.8) is 0 Å². The molecule has 0 aliphatic carbocycles. The molecule has 0 radical (unpaired) electrons. The molecule has 0 aromatic rings. The Morgan fingerprint density at radius 2 is 1.83 bits per heavy atom. The largest absolute Gasteiger partial charge is 0.356 e. The third-order valence-corrected chi connectivity index (χ3v) is 4.41. The van der Waals surface area contributed by atoms with Gasteiger partial charge in [0.2, 0.25) is 0 Å². The maximum atomic E-state index is 5.70. The van der Waals surface area contributed by atoms with E-state index in [4.69, 9.17) is 9.47 Å². The minimum atomic E-state index is -0.0192. The van der Waals surface area contributed by atoms with Gasteiger partial charge in [-0.25, -0.2) is 0 Å². The predicted molar refractivity (Wildman–Crippen MR) is 87.4 cm³/mol. The smallest absolute Gasteiger partial charge is 0.157 e. The van der Waals surface area contributed by atoms with Crippen LogP contribution in [-0.2, 0) is 9.47 Å². The second-order valence-corrected chi connectivity index (χ2v) is 6.26. The molecule has 0 spiro atoms. The fraction of sp³-hybridized carbons (Fsp3) is 0.867. The van der Waals surface area contributed by atoms with Gasteiger partial charge in [0.25, 0.3) is 0 Å². The molecular weight excluding hydrogens is 339 g/mol. The van der Waals surface area contributed by atoms with E-state index in [2.05, 4.69) is 48.6 Å². The highest BCUT2D eigenvalue weighted by Gasteiger charge is 2.07. The van der Waals surface area contributed by atoms with Crippen molar-refractivity contribution in [1.82, 2.24) is 0 Å². The Bertz CT molecular complexity index is 195. The molecule has 18 heavy (non-hydrogen) atoms. The van der Waals surface area contributed by atoms with Gasteiger partial charge in [0.05, 0.1) is 6.61 Å². The number of hydrogen-bond acceptors (Lipinski definition) is 2. The van der Waals surface area contributed by atoms with Crippen LogP contribution in [-0.4, -0.2) is 23.9 Å². The van der Waals surface area contributed by atoms with Crippen molar-refractivity contribution in [2.75, 3.05) is 13.7 Å². The number of allylic oxidation sites excluding steroid dienone is 1. The Morgan fingerprint density at radius 3 is 2.44 bits per heavy atom. The standard InChI is InChI=1S/C15H29IO2/c1-4-6-7-10-13-18-15(17-3)12-9-8-11-14(16)5-2/h6-7,14-15H,4-5,8-13H2,1-3H3. The van der Waals surface area contributed by atoms with E-state index in [9.17, 15) is 0 Å². The highest BCUT2D eigenvalue weighted by Crippen LogP contribution is 2.16. The summed E-state index contributed by atoms with van der Waals surface area (Å²) in [4.78, 5) is 0. The molecule has 0 heterocycles. The van der Waals surface area contributed by atoms with Crippen LogP contribution in [0.5, 0.6) is 0 Å². The molecule has 0 fully saturated rings. The second-order valence-electron chi connectivity index (χ2n) is 4.49. The quantitative estimate of drug-likeness (QED) is 0.157. The number of hydrogen-bond donors (Lipinski definition) is 0. The average Bonchev–Trinajstić information content (AvgIpc) is 2.40. The third-order valence-electron chi connectivity index (χ3n) is 2.90. The van der Waals surface area contributed by atoms with Crippen molar-refractivity contribution >= 4 is 22.6 Å². The van der Waals surface area contributed by atoms with Gasteiger partial charge in [-0.05, 0) is 38.5 Å². The molecule has 0 saturated heterocycles. The lowest BCUT2D eigenvalue weighted by Gasteiger charge is -2.16.